The maximum atomic E-state index is 12.0. The van der Waals surface area contributed by atoms with Crippen LogP contribution in [0.1, 0.15) is 12.5 Å². The van der Waals surface area contributed by atoms with Crippen LogP contribution < -0.4 is 26.8 Å². The summed E-state index contributed by atoms with van der Waals surface area (Å²) in [7, 11) is 0. The van der Waals surface area contributed by atoms with Gasteiger partial charge in [0, 0.05) is 24.5 Å². The van der Waals surface area contributed by atoms with E-state index in [1.165, 1.54) is 6.92 Å². The van der Waals surface area contributed by atoms with Crippen molar-refractivity contribution in [1.82, 2.24) is 10.2 Å². The number of nitrogens with one attached hydrogen (secondary N) is 4. The van der Waals surface area contributed by atoms with Gasteiger partial charge in [0.05, 0.1) is 5.52 Å². The first-order valence-electron chi connectivity index (χ1n) is 8.80. The first kappa shape index (κ1) is 18.2. The third-order valence-corrected chi connectivity index (χ3v) is 4.42. The standard InChI is InChI=1S/C20H17N5O4/c1-10(26)22-20-14-8-12(5-6-15(14)24-25-20)23-17-16(18(28)19(17)29)21-9-11-3-2-4-13(27)7-11/h2-8,21,23,27H,9H2,1H3,(H2,22,24,25,26). The van der Waals surface area contributed by atoms with Crippen molar-refractivity contribution in [3.8, 4) is 5.75 Å². The molecule has 0 unspecified atom stereocenters. The molecule has 0 saturated carbocycles. The number of nitrogens with zero attached hydrogens (tertiary/aromatic N) is 1. The van der Waals surface area contributed by atoms with Crippen LogP contribution in [0.15, 0.2) is 52.1 Å². The van der Waals surface area contributed by atoms with Gasteiger partial charge in [-0.1, -0.05) is 12.1 Å². The number of carbonyl (C=O) groups excluding carboxylic acids is 1. The number of aromatic hydroxyl groups is 1. The molecule has 1 amide bonds. The molecule has 0 bridgehead atoms. The van der Waals surface area contributed by atoms with Crippen LogP contribution in [-0.2, 0) is 11.3 Å². The van der Waals surface area contributed by atoms with Crippen molar-refractivity contribution in [3.05, 3.63) is 68.5 Å². The molecule has 0 fully saturated rings. The summed E-state index contributed by atoms with van der Waals surface area (Å²) in [5.41, 5.74) is 1.19. The molecule has 29 heavy (non-hydrogen) atoms. The topological polar surface area (TPSA) is 136 Å². The number of carbonyl (C=O) groups is 1. The number of anilines is 4. The van der Waals surface area contributed by atoms with Crippen LogP contribution in [0.3, 0.4) is 0 Å². The van der Waals surface area contributed by atoms with Crippen molar-refractivity contribution in [2.24, 2.45) is 0 Å². The quantitative estimate of drug-likeness (QED) is 0.318. The van der Waals surface area contributed by atoms with Gasteiger partial charge in [-0.25, -0.2) is 0 Å². The van der Waals surface area contributed by atoms with Gasteiger partial charge in [-0.15, -0.1) is 0 Å². The summed E-state index contributed by atoms with van der Waals surface area (Å²) < 4.78 is 0. The monoisotopic (exact) mass is 391 g/mol. The zero-order valence-corrected chi connectivity index (χ0v) is 15.4. The summed E-state index contributed by atoms with van der Waals surface area (Å²) in [4.78, 5) is 35.3. The fourth-order valence-corrected chi connectivity index (χ4v) is 3.03. The van der Waals surface area contributed by atoms with Crippen LogP contribution in [0.4, 0.5) is 22.9 Å². The molecule has 4 aromatic rings. The highest BCUT2D eigenvalue weighted by Crippen LogP contribution is 2.27. The van der Waals surface area contributed by atoms with E-state index in [1.54, 1.807) is 42.5 Å². The van der Waals surface area contributed by atoms with E-state index in [-0.39, 0.29) is 29.6 Å². The molecule has 0 aliphatic heterocycles. The molecule has 1 aromatic heterocycles. The third kappa shape index (κ3) is 3.53. The number of benzene rings is 2. The van der Waals surface area contributed by atoms with Crippen LogP contribution >= 0.6 is 0 Å². The lowest BCUT2D eigenvalue weighted by Crippen LogP contribution is -2.36. The van der Waals surface area contributed by atoms with Crippen molar-refractivity contribution in [2.45, 2.75) is 13.5 Å². The predicted octanol–water partition coefficient (Wildman–Crippen LogP) is 2.18. The average Bonchev–Trinajstić information content (AvgIpc) is 3.08. The Balaban J connectivity index is 1.57. The van der Waals surface area contributed by atoms with Gasteiger partial charge in [0.15, 0.2) is 5.82 Å². The lowest BCUT2D eigenvalue weighted by molar-refractivity contribution is -0.114. The number of amides is 1. The summed E-state index contributed by atoms with van der Waals surface area (Å²) in [5, 5.41) is 25.6. The van der Waals surface area contributed by atoms with Crippen LogP contribution in [0.25, 0.3) is 10.9 Å². The number of hydrogen-bond donors (Lipinski definition) is 5. The highest BCUT2D eigenvalue weighted by molar-refractivity contribution is 6.00. The molecule has 1 heterocycles. The van der Waals surface area contributed by atoms with Gasteiger partial charge in [0.2, 0.25) is 5.91 Å². The lowest BCUT2D eigenvalue weighted by Gasteiger charge is -2.15. The Morgan fingerprint density at radius 1 is 1.10 bits per heavy atom. The molecule has 146 valence electrons. The Bertz CT molecular complexity index is 1300. The number of hydrogen-bond acceptors (Lipinski definition) is 7. The summed E-state index contributed by atoms with van der Waals surface area (Å²) in [6.45, 7) is 1.66. The molecule has 0 radical (unpaired) electrons. The van der Waals surface area contributed by atoms with E-state index in [0.717, 1.165) is 5.56 Å². The molecule has 0 spiro atoms. The minimum absolute atomic E-state index is 0.121. The molecule has 4 rings (SSSR count). The van der Waals surface area contributed by atoms with E-state index in [4.69, 9.17) is 0 Å². The molecule has 9 heteroatoms. The van der Waals surface area contributed by atoms with Crippen LogP contribution in [0.2, 0.25) is 0 Å². The van der Waals surface area contributed by atoms with Gasteiger partial charge in [-0.05, 0) is 35.9 Å². The number of phenolic OH excluding ortho intramolecular Hbond substituents is 1. The van der Waals surface area contributed by atoms with Crippen molar-refractivity contribution in [2.75, 3.05) is 16.0 Å². The van der Waals surface area contributed by atoms with Crippen LogP contribution in [0, 0.1) is 0 Å². The van der Waals surface area contributed by atoms with Gasteiger partial charge in [-0.2, -0.15) is 5.10 Å². The largest absolute Gasteiger partial charge is 0.508 e. The first-order valence-corrected chi connectivity index (χ1v) is 8.80. The van der Waals surface area contributed by atoms with E-state index in [9.17, 15) is 19.5 Å². The van der Waals surface area contributed by atoms with Gasteiger partial charge in [-0.3, -0.25) is 19.5 Å². The Kier molecular flexibility index (Phi) is 4.47. The fourth-order valence-electron chi connectivity index (χ4n) is 3.03. The minimum atomic E-state index is -0.613. The number of fused-ring (bicyclic) bond motifs is 1. The Hall–Kier alpha value is -4.14. The molecule has 3 aromatic carbocycles. The molecular weight excluding hydrogens is 374 g/mol. The minimum Gasteiger partial charge on any atom is -0.508 e. The molecule has 0 atom stereocenters. The lowest BCUT2D eigenvalue weighted by atomic mass is 10.1. The van der Waals surface area contributed by atoms with Gasteiger partial charge >= 0.3 is 0 Å². The normalized spacial score (nSPS) is 10.9. The second kappa shape index (κ2) is 7.12. The zero-order chi connectivity index (χ0) is 20.5. The van der Waals surface area contributed by atoms with Gasteiger partial charge in [0.25, 0.3) is 10.9 Å². The highest BCUT2D eigenvalue weighted by atomic mass is 16.3. The van der Waals surface area contributed by atoms with Gasteiger partial charge in [0.1, 0.15) is 17.1 Å². The summed E-state index contributed by atoms with van der Waals surface area (Å²) in [6.07, 6.45) is 0. The Labute approximate surface area is 164 Å². The molecular formula is C20H17N5O4. The maximum absolute atomic E-state index is 12.0. The zero-order valence-electron chi connectivity index (χ0n) is 15.4. The van der Waals surface area contributed by atoms with E-state index in [2.05, 4.69) is 26.1 Å². The van der Waals surface area contributed by atoms with E-state index >= 15 is 0 Å². The predicted molar refractivity (Wildman–Crippen MR) is 110 cm³/mol. The van der Waals surface area contributed by atoms with Crippen molar-refractivity contribution >= 4 is 39.7 Å². The molecule has 5 N–H and O–H groups in total. The molecule has 0 saturated heterocycles. The third-order valence-electron chi connectivity index (χ3n) is 4.42. The number of H-pyrrole nitrogens is 1. The number of aromatic amines is 1. The maximum Gasteiger partial charge on any atom is 0.253 e. The highest BCUT2D eigenvalue weighted by Gasteiger charge is 2.21. The van der Waals surface area contributed by atoms with Crippen molar-refractivity contribution in [3.63, 3.8) is 0 Å². The van der Waals surface area contributed by atoms with Crippen LogP contribution in [-0.4, -0.2) is 21.2 Å². The second-order valence-corrected chi connectivity index (χ2v) is 6.57. The molecule has 0 aliphatic rings. The fraction of sp³-hybridized carbons (Fsp3) is 0.100. The average molecular weight is 391 g/mol. The van der Waals surface area contributed by atoms with E-state index in [0.29, 0.717) is 22.4 Å². The molecule has 9 nitrogen and oxygen atoms in total. The SMILES string of the molecule is CC(=O)Nc1n[nH]c2ccc(Nc3c(NCc4cccc(O)c4)c(=O)c3=O)cc12. The Morgan fingerprint density at radius 2 is 1.90 bits per heavy atom. The van der Waals surface area contributed by atoms with Crippen LogP contribution in [0.5, 0.6) is 5.75 Å². The van der Waals surface area contributed by atoms with E-state index in [1.807, 2.05) is 0 Å². The van der Waals surface area contributed by atoms with Crippen molar-refractivity contribution in [1.29, 1.82) is 0 Å². The number of rotatable bonds is 6. The summed E-state index contributed by atoms with van der Waals surface area (Å²) in [6, 6.07) is 11.8. The van der Waals surface area contributed by atoms with E-state index < -0.39 is 10.9 Å². The smallest absolute Gasteiger partial charge is 0.253 e. The number of phenols is 1. The van der Waals surface area contributed by atoms with Crippen molar-refractivity contribution < 1.29 is 9.90 Å². The Morgan fingerprint density at radius 3 is 2.66 bits per heavy atom. The number of aromatic nitrogens is 2. The second-order valence-electron chi connectivity index (χ2n) is 6.57. The summed E-state index contributed by atoms with van der Waals surface area (Å²) in [5.74, 6) is 0.247. The van der Waals surface area contributed by atoms with Gasteiger partial charge < -0.3 is 21.1 Å². The molecule has 0 aliphatic carbocycles. The summed E-state index contributed by atoms with van der Waals surface area (Å²) >= 11 is 0. The first-order chi connectivity index (χ1) is 13.9.